The molecule has 0 atom stereocenters. The van der Waals surface area contributed by atoms with Gasteiger partial charge in [-0.1, -0.05) is 24.4 Å². The fourth-order valence-corrected chi connectivity index (χ4v) is 3.25. The standard InChI is InChI=1S/C19H20ClN3O3/c20-15-6-8-16(9-7-15)21-19(24)14-5-10-17(18(13-14)23(25)26)22-11-3-1-2-4-12-22/h5-10,13H,1-4,11-12H2,(H,21,24). The van der Waals surface area contributed by atoms with E-state index < -0.39 is 10.8 Å². The second-order valence-corrected chi connectivity index (χ2v) is 6.76. The number of hydrogen-bond acceptors (Lipinski definition) is 4. The lowest BCUT2D eigenvalue weighted by Gasteiger charge is -2.22. The van der Waals surface area contributed by atoms with Gasteiger partial charge in [-0.25, -0.2) is 0 Å². The number of nitrogens with one attached hydrogen (secondary N) is 1. The number of benzene rings is 2. The first kappa shape index (κ1) is 18.2. The average Bonchev–Trinajstić information content (AvgIpc) is 2.92. The van der Waals surface area contributed by atoms with Crippen molar-refractivity contribution in [2.75, 3.05) is 23.3 Å². The highest BCUT2D eigenvalue weighted by atomic mass is 35.5. The zero-order valence-electron chi connectivity index (χ0n) is 14.3. The van der Waals surface area contributed by atoms with Gasteiger partial charge in [-0.15, -0.1) is 0 Å². The van der Waals surface area contributed by atoms with Crippen molar-refractivity contribution >= 4 is 34.6 Å². The third-order valence-corrected chi connectivity index (χ3v) is 4.74. The Kier molecular flexibility index (Phi) is 5.73. The van der Waals surface area contributed by atoms with Gasteiger partial charge in [0.25, 0.3) is 11.6 Å². The molecule has 1 aliphatic heterocycles. The molecule has 0 saturated carbocycles. The monoisotopic (exact) mass is 373 g/mol. The van der Waals surface area contributed by atoms with Crippen molar-refractivity contribution in [3.8, 4) is 0 Å². The van der Waals surface area contributed by atoms with E-state index in [1.165, 1.54) is 6.07 Å². The number of amides is 1. The van der Waals surface area contributed by atoms with E-state index in [0.29, 0.717) is 16.4 Å². The smallest absolute Gasteiger partial charge is 0.293 e. The lowest BCUT2D eigenvalue weighted by molar-refractivity contribution is -0.384. The van der Waals surface area contributed by atoms with Crippen LogP contribution in [0.2, 0.25) is 5.02 Å². The van der Waals surface area contributed by atoms with E-state index >= 15 is 0 Å². The van der Waals surface area contributed by atoms with Crippen LogP contribution in [0, 0.1) is 10.1 Å². The molecule has 1 fully saturated rings. The van der Waals surface area contributed by atoms with Crippen LogP contribution in [0.4, 0.5) is 17.1 Å². The lowest BCUT2D eigenvalue weighted by Crippen LogP contribution is -2.25. The molecular weight excluding hydrogens is 354 g/mol. The minimum atomic E-state index is -0.417. The Morgan fingerprint density at radius 3 is 2.31 bits per heavy atom. The van der Waals surface area contributed by atoms with Crippen LogP contribution in [0.1, 0.15) is 36.0 Å². The van der Waals surface area contributed by atoms with Gasteiger partial charge in [-0.3, -0.25) is 14.9 Å². The summed E-state index contributed by atoms with van der Waals surface area (Å²) < 4.78 is 0. The normalized spacial score (nSPS) is 14.6. The molecule has 2 aromatic rings. The number of carbonyl (C=O) groups excluding carboxylic acids is 1. The average molecular weight is 374 g/mol. The van der Waals surface area contributed by atoms with Crippen LogP contribution in [0.3, 0.4) is 0 Å². The van der Waals surface area contributed by atoms with E-state index in [-0.39, 0.29) is 11.3 Å². The van der Waals surface area contributed by atoms with E-state index in [1.54, 1.807) is 36.4 Å². The molecule has 0 unspecified atom stereocenters. The Balaban J connectivity index is 1.84. The number of nitrogens with zero attached hydrogens (tertiary/aromatic N) is 2. The van der Waals surface area contributed by atoms with Crippen molar-refractivity contribution in [3.63, 3.8) is 0 Å². The van der Waals surface area contributed by atoms with Gasteiger partial charge in [0.05, 0.1) is 4.92 Å². The zero-order valence-corrected chi connectivity index (χ0v) is 15.0. The zero-order chi connectivity index (χ0) is 18.5. The summed E-state index contributed by atoms with van der Waals surface area (Å²) in [6.45, 7) is 1.61. The topological polar surface area (TPSA) is 75.5 Å². The van der Waals surface area contributed by atoms with Crippen molar-refractivity contribution in [2.45, 2.75) is 25.7 Å². The van der Waals surface area contributed by atoms with E-state index in [4.69, 9.17) is 11.6 Å². The van der Waals surface area contributed by atoms with Crippen LogP contribution in [-0.4, -0.2) is 23.9 Å². The summed E-state index contributed by atoms with van der Waals surface area (Å²) in [6.07, 6.45) is 4.34. The van der Waals surface area contributed by atoms with Crippen molar-refractivity contribution < 1.29 is 9.72 Å². The summed E-state index contributed by atoms with van der Waals surface area (Å²) in [5.74, 6) is -0.391. The highest BCUT2D eigenvalue weighted by Gasteiger charge is 2.22. The van der Waals surface area contributed by atoms with Crippen LogP contribution in [0.25, 0.3) is 0 Å². The molecule has 0 radical (unpaired) electrons. The van der Waals surface area contributed by atoms with Crippen LogP contribution in [0.5, 0.6) is 0 Å². The summed E-state index contributed by atoms with van der Waals surface area (Å²) in [6, 6.07) is 11.4. The molecule has 6 nitrogen and oxygen atoms in total. The molecule has 136 valence electrons. The predicted octanol–water partition coefficient (Wildman–Crippen LogP) is 4.88. The Morgan fingerprint density at radius 2 is 1.69 bits per heavy atom. The number of carbonyl (C=O) groups is 1. The van der Waals surface area contributed by atoms with Crippen LogP contribution in [-0.2, 0) is 0 Å². The van der Waals surface area contributed by atoms with Gasteiger partial charge in [0.2, 0.25) is 0 Å². The first-order chi connectivity index (χ1) is 12.5. The molecule has 1 heterocycles. The van der Waals surface area contributed by atoms with Gasteiger partial charge in [0.15, 0.2) is 0 Å². The summed E-state index contributed by atoms with van der Waals surface area (Å²) in [5, 5.41) is 14.9. The third kappa shape index (κ3) is 4.32. The van der Waals surface area contributed by atoms with Crippen LogP contribution in [0.15, 0.2) is 42.5 Å². The maximum absolute atomic E-state index is 12.4. The fraction of sp³-hybridized carbons (Fsp3) is 0.316. The van der Waals surface area contributed by atoms with E-state index in [0.717, 1.165) is 38.8 Å². The third-order valence-electron chi connectivity index (χ3n) is 4.48. The molecule has 1 aliphatic rings. The van der Waals surface area contributed by atoms with Crippen LogP contribution < -0.4 is 10.2 Å². The summed E-state index contributed by atoms with van der Waals surface area (Å²) in [4.78, 5) is 25.6. The molecule has 1 amide bonds. The Morgan fingerprint density at radius 1 is 1.04 bits per heavy atom. The molecule has 1 saturated heterocycles. The minimum Gasteiger partial charge on any atom is -0.366 e. The number of nitro benzene ring substituents is 1. The minimum absolute atomic E-state index is 0.0318. The van der Waals surface area contributed by atoms with Gasteiger partial charge in [-0.05, 0) is 49.2 Å². The maximum Gasteiger partial charge on any atom is 0.293 e. The lowest BCUT2D eigenvalue weighted by atomic mass is 10.1. The second-order valence-electron chi connectivity index (χ2n) is 6.32. The Labute approximate surface area is 156 Å². The highest BCUT2D eigenvalue weighted by molar-refractivity contribution is 6.30. The van der Waals surface area contributed by atoms with Gasteiger partial charge < -0.3 is 10.2 Å². The highest BCUT2D eigenvalue weighted by Crippen LogP contribution is 2.31. The Bertz CT molecular complexity index is 800. The van der Waals surface area contributed by atoms with Crippen molar-refractivity contribution in [2.24, 2.45) is 0 Å². The van der Waals surface area contributed by atoms with Gasteiger partial charge in [0.1, 0.15) is 5.69 Å². The molecule has 3 rings (SSSR count). The summed E-state index contributed by atoms with van der Waals surface area (Å²) in [7, 11) is 0. The number of hydrogen-bond donors (Lipinski definition) is 1. The molecule has 0 spiro atoms. The fourth-order valence-electron chi connectivity index (χ4n) is 3.13. The molecule has 26 heavy (non-hydrogen) atoms. The predicted molar refractivity (Wildman–Crippen MR) is 103 cm³/mol. The van der Waals surface area contributed by atoms with Crippen molar-refractivity contribution in [1.82, 2.24) is 0 Å². The SMILES string of the molecule is O=C(Nc1ccc(Cl)cc1)c1ccc(N2CCCCCC2)c([N+](=O)[O-])c1. The number of rotatable bonds is 4. The molecule has 0 aromatic heterocycles. The number of halogens is 1. The molecular formula is C19H20ClN3O3. The van der Waals surface area contributed by atoms with Gasteiger partial charge in [-0.2, -0.15) is 0 Å². The van der Waals surface area contributed by atoms with E-state index in [9.17, 15) is 14.9 Å². The first-order valence-corrected chi connectivity index (χ1v) is 9.03. The van der Waals surface area contributed by atoms with Crippen molar-refractivity contribution in [3.05, 3.63) is 63.2 Å². The van der Waals surface area contributed by atoms with E-state index in [1.807, 2.05) is 4.90 Å². The first-order valence-electron chi connectivity index (χ1n) is 8.65. The summed E-state index contributed by atoms with van der Waals surface area (Å²) >= 11 is 5.83. The Hall–Kier alpha value is -2.60. The molecule has 7 heteroatoms. The summed E-state index contributed by atoms with van der Waals surface area (Å²) in [5.41, 5.74) is 1.39. The molecule has 0 aliphatic carbocycles. The largest absolute Gasteiger partial charge is 0.366 e. The molecule has 1 N–H and O–H groups in total. The van der Waals surface area contributed by atoms with Crippen molar-refractivity contribution in [1.29, 1.82) is 0 Å². The van der Waals surface area contributed by atoms with E-state index in [2.05, 4.69) is 5.32 Å². The van der Waals surface area contributed by atoms with Gasteiger partial charge >= 0.3 is 0 Å². The van der Waals surface area contributed by atoms with Crippen LogP contribution >= 0.6 is 11.6 Å². The number of nitro groups is 1. The second kappa shape index (κ2) is 8.19. The molecule has 0 bridgehead atoms. The van der Waals surface area contributed by atoms with Gasteiger partial charge in [0, 0.05) is 35.4 Å². The maximum atomic E-state index is 12.4. The quantitative estimate of drug-likeness (QED) is 0.612. The number of anilines is 2. The molecule has 2 aromatic carbocycles.